The summed E-state index contributed by atoms with van der Waals surface area (Å²) in [4.78, 5) is 37.1. The molecule has 2 heterocycles. The maximum atomic E-state index is 12.0. The van der Waals surface area contributed by atoms with Crippen molar-refractivity contribution in [3.05, 3.63) is 75.1 Å². The minimum Gasteiger partial charge on any atom is -0.497 e. The van der Waals surface area contributed by atoms with Gasteiger partial charge in [0.1, 0.15) is 24.1 Å². The zero-order valence-electron chi connectivity index (χ0n) is 15.5. The standard InChI is InChI=1S/C19H21N3O7/c1-28-12-4-2-11(3-5-12)10-20-14(23)7-6-13-16(25)17(26)18(29-13)22-9-8-15(24)21-19(22)27/h2-9,13,16-18,25-26H,10H2,1H3,(H,20,23)(H,21,24,27)/b7-6+/t13-,16-,17-,18-/m1/s1. The summed E-state index contributed by atoms with van der Waals surface area (Å²) in [6, 6.07) is 8.28. The van der Waals surface area contributed by atoms with Gasteiger partial charge in [-0.2, -0.15) is 0 Å². The summed E-state index contributed by atoms with van der Waals surface area (Å²) in [5.41, 5.74) is -0.502. The normalized spacial score (nSPS) is 24.0. The molecule has 1 saturated heterocycles. The van der Waals surface area contributed by atoms with E-state index in [-0.39, 0.29) is 0 Å². The zero-order valence-corrected chi connectivity index (χ0v) is 15.5. The van der Waals surface area contributed by atoms with Crippen LogP contribution in [0.1, 0.15) is 11.8 Å². The maximum absolute atomic E-state index is 12.0. The predicted molar refractivity (Wildman–Crippen MR) is 101 cm³/mol. The van der Waals surface area contributed by atoms with E-state index >= 15 is 0 Å². The highest BCUT2D eigenvalue weighted by Crippen LogP contribution is 2.28. The highest BCUT2D eigenvalue weighted by Gasteiger charge is 2.42. The molecule has 154 valence electrons. The van der Waals surface area contributed by atoms with E-state index < -0.39 is 41.7 Å². The fraction of sp³-hybridized carbons (Fsp3) is 0.316. The quantitative estimate of drug-likeness (QED) is 0.455. The molecule has 1 aromatic heterocycles. The van der Waals surface area contributed by atoms with Gasteiger partial charge in [0.05, 0.1) is 7.11 Å². The molecule has 10 nitrogen and oxygen atoms in total. The van der Waals surface area contributed by atoms with Gasteiger partial charge in [-0.1, -0.05) is 12.1 Å². The molecule has 4 N–H and O–H groups in total. The van der Waals surface area contributed by atoms with Gasteiger partial charge in [0.2, 0.25) is 5.91 Å². The van der Waals surface area contributed by atoms with E-state index in [2.05, 4.69) is 5.32 Å². The zero-order chi connectivity index (χ0) is 21.0. The number of hydrogen-bond acceptors (Lipinski definition) is 7. The number of carbonyl (C=O) groups is 1. The first kappa shape index (κ1) is 20.5. The SMILES string of the molecule is COc1ccc(CNC(=O)/C=C/[C@H]2O[C@@H](n3ccc(=O)[nH]c3=O)[C@H](O)[C@@H]2O)cc1. The van der Waals surface area contributed by atoms with E-state index in [0.717, 1.165) is 22.4 Å². The van der Waals surface area contributed by atoms with Crippen LogP contribution in [0.3, 0.4) is 0 Å². The average Bonchev–Trinajstić information content (AvgIpc) is 2.99. The van der Waals surface area contributed by atoms with Crippen LogP contribution in [0.5, 0.6) is 5.75 Å². The Labute approximate surface area is 165 Å². The number of aliphatic hydroxyl groups excluding tert-OH is 2. The third-order valence-electron chi connectivity index (χ3n) is 4.46. The molecule has 4 atom stereocenters. The van der Waals surface area contributed by atoms with E-state index in [1.54, 1.807) is 19.2 Å². The lowest BCUT2D eigenvalue weighted by Gasteiger charge is -2.16. The molecule has 10 heteroatoms. The number of rotatable bonds is 6. The second-order valence-corrected chi connectivity index (χ2v) is 6.41. The number of hydrogen-bond donors (Lipinski definition) is 4. The van der Waals surface area contributed by atoms with Crippen molar-refractivity contribution in [1.29, 1.82) is 0 Å². The van der Waals surface area contributed by atoms with Crippen LogP contribution in [0.25, 0.3) is 0 Å². The van der Waals surface area contributed by atoms with Crippen LogP contribution in [-0.2, 0) is 16.1 Å². The smallest absolute Gasteiger partial charge is 0.330 e. The number of H-pyrrole nitrogens is 1. The van der Waals surface area contributed by atoms with Gasteiger partial charge in [-0.3, -0.25) is 19.1 Å². The summed E-state index contributed by atoms with van der Waals surface area (Å²) in [7, 11) is 1.57. The molecule has 0 unspecified atom stereocenters. The molecule has 2 aromatic rings. The second kappa shape index (κ2) is 8.86. The summed E-state index contributed by atoms with van der Waals surface area (Å²) < 4.78 is 11.5. The highest BCUT2D eigenvalue weighted by atomic mass is 16.6. The Morgan fingerprint density at radius 2 is 1.97 bits per heavy atom. The van der Waals surface area contributed by atoms with Gasteiger partial charge in [0.15, 0.2) is 6.23 Å². The second-order valence-electron chi connectivity index (χ2n) is 6.41. The number of aromatic amines is 1. The summed E-state index contributed by atoms with van der Waals surface area (Å²) in [6.45, 7) is 0.291. The van der Waals surface area contributed by atoms with Gasteiger partial charge in [-0.25, -0.2) is 4.79 Å². The van der Waals surface area contributed by atoms with Gasteiger partial charge >= 0.3 is 5.69 Å². The molecular weight excluding hydrogens is 382 g/mol. The number of aromatic nitrogens is 2. The molecular formula is C19H21N3O7. The van der Waals surface area contributed by atoms with E-state index in [1.165, 1.54) is 12.2 Å². The number of ether oxygens (including phenoxy) is 2. The number of methoxy groups -OCH3 is 1. The van der Waals surface area contributed by atoms with E-state index in [9.17, 15) is 24.6 Å². The summed E-state index contributed by atoms with van der Waals surface area (Å²) in [5.74, 6) is 0.290. The lowest BCUT2D eigenvalue weighted by Crippen LogP contribution is -2.37. The van der Waals surface area contributed by atoms with Crippen molar-refractivity contribution in [3.8, 4) is 5.75 Å². The van der Waals surface area contributed by atoms with Crippen LogP contribution in [0, 0.1) is 0 Å². The molecule has 0 saturated carbocycles. The monoisotopic (exact) mass is 403 g/mol. The lowest BCUT2D eigenvalue weighted by atomic mass is 10.1. The molecule has 0 radical (unpaired) electrons. The van der Waals surface area contributed by atoms with Crippen molar-refractivity contribution in [2.75, 3.05) is 7.11 Å². The first-order valence-corrected chi connectivity index (χ1v) is 8.81. The highest BCUT2D eigenvalue weighted by molar-refractivity contribution is 5.87. The molecule has 1 aromatic carbocycles. The molecule has 0 aliphatic carbocycles. The van der Waals surface area contributed by atoms with Crippen LogP contribution in [0.2, 0.25) is 0 Å². The van der Waals surface area contributed by atoms with Crippen molar-refractivity contribution in [3.63, 3.8) is 0 Å². The van der Waals surface area contributed by atoms with Gasteiger partial charge in [0.25, 0.3) is 5.56 Å². The number of nitrogens with one attached hydrogen (secondary N) is 2. The largest absolute Gasteiger partial charge is 0.497 e. The average molecular weight is 403 g/mol. The van der Waals surface area contributed by atoms with E-state index in [0.29, 0.717) is 12.3 Å². The Hall–Kier alpha value is -3.21. The summed E-state index contributed by atoms with van der Waals surface area (Å²) in [6.07, 6.45) is -1.35. The number of benzene rings is 1. The topological polar surface area (TPSA) is 143 Å². The Balaban J connectivity index is 1.60. The van der Waals surface area contributed by atoms with E-state index in [4.69, 9.17) is 9.47 Å². The molecule has 0 bridgehead atoms. The Bertz CT molecular complexity index is 996. The third kappa shape index (κ3) is 4.80. The van der Waals surface area contributed by atoms with Crippen LogP contribution in [0.4, 0.5) is 0 Å². The van der Waals surface area contributed by atoms with E-state index in [1.807, 2.05) is 17.1 Å². The van der Waals surface area contributed by atoms with Crippen LogP contribution in [0.15, 0.2) is 58.3 Å². The van der Waals surface area contributed by atoms with Crippen LogP contribution < -0.4 is 21.3 Å². The fourth-order valence-electron chi connectivity index (χ4n) is 2.88. The van der Waals surface area contributed by atoms with Gasteiger partial charge < -0.3 is 25.0 Å². The number of nitrogens with zero attached hydrogens (tertiary/aromatic N) is 1. The minimum atomic E-state index is -1.42. The summed E-state index contributed by atoms with van der Waals surface area (Å²) in [5, 5.41) is 23.0. The predicted octanol–water partition coefficient (Wildman–Crippen LogP) is -0.963. The van der Waals surface area contributed by atoms with Crippen molar-refractivity contribution < 1.29 is 24.5 Å². The Kier molecular flexibility index (Phi) is 6.27. The number of amides is 1. The summed E-state index contributed by atoms with van der Waals surface area (Å²) >= 11 is 0. The maximum Gasteiger partial charge on any atom is 0.330 e. The first-order chi connectivity index (χ1) is 13.9. The number of aliphatic hydroxyl groups is 2. The van der Waals surface area contributed by atoms with Crippen LogP contribution >= 0.6 is 0 Å². The molecule has 1 aliphatic heterocycles. The molecule has 1 fully saturated rings. The minimum absolute atomic E-state index is 0.291. The lowest BCUT2D eigenvalue weighted by molar-refractivity contribution is -0.116. The molecule has 0 spiro atoms. The molecule has 1 aliphatic rings. The Morgan fingerprint density at radius 3 is 2.62 bits per heavy atom. The van der Waals surface area contributed by atoms with Crippen molar-refractivity contribution in [1.82, 2.24) is 14.9 Å². The molecule has 29 heavy (non-hydrogen) atoms. The van der Waals surface area contributed by atoms with Crippen molar-refractivity contribution in [2.24, 2.45) is 0 Å². The van der Waals surface area contributed by atoms with Gasteiger partial charge in [-0.15, -0.1) is 0 Å². The first-order valence-electron chi connectivity index (χ1n) is 8.81. The molecule has 3 rings (SSSR count). The third-order valence-corrected chi connectivity index (χ3v) is 4.46. The van der Waals surface area contributed by atoms with Gasteiger partial charge in [0, 0.05) is 24.9 Å². The Morgan fingerprint density at radius 1 is 1.24 bits per heavy atom. The fourth-order valence-corrected chi connectivity index (χ4v) is 2.88. The van der Waals surface area contributed by atoms with Crippen molar-refractivity contribution in [2.45, 2.75) is 31.1 Å². The van der Waals surface area contributed by atoms with Crippen LogP contribution in [-0.4, -0.2) is 51.1 Å². The number of carbonyl (C=O) groups excluding carboxylic acids is 1. The van der Waals surface area contributed by atoms with Crippen molar-refractivity contribution >= 4 is 5.91 Å². The molecule has 1 amide bonds. The van der Waals surface area contributed by atoms with Gasteiger partial charge in [-0.05, 0) is 23.8 Å².